The molecule has 3 aromatic carbocycles. The van der Waals surface area contributed by atoms with E-state index >= 15 is 0 Å². The number of Topliss-reactive ketones (excluding diaryl/α,β-unsaturated/α-hetero) is 1. The van der Waals surface area contributed by atoms with Gasteiger partial charge in [0.1, 0.15) is 29.0 Å². The van der Waals surface area contributed by atoms with Crippen LogP contribution in [0.25, 0.3) is 0 Å². The van der Waals surface area contributed by atoms with Gasteiger partial charge in [-0.1, -0.05) is 74.5 Å². The minimum absolute atomic E-state index is 0. The van der Waals surface area contributed by atoms with Gasteiger partial charge in [-0.25, -0.2) is 0 Å². The third kappa shape index (κ3) is 5.78. The first-order chi connectivity index (χ1) is 13.9. The first-order valence-corrected chi connectivity index (χ1v) is 12.1. The highest BCUT2D eigenvalue weighted by molar-refractivity contribution is 7.95. The van der Waals surface area contributed by atoms with E-state index in [1.807, 2.05) is 0 Å². The number of ketones is 1. The van der Waals surface area contributed by atoms with Crippen molar-refractivity contribution >= 4 is 29.0 Å². The Morgan fingerprint density at radius 3 is 1.47 bits per heavy atom. The van der Waals surface area contributed by atoms with Gasteiger partial charge in [0.25, 0.3) is 0 Å². The van der Waals surface area contributed by atoms with E-state index in [-0.39, 0.29) is 28.2 Å². The molecule has 0 unspecified atom stereocenters. The number of hydrogen-bond acceptors (Lipinski definition) is 1. The molecule has 0 aliphatic rings. The van der Waals surface area contributed by atoms with E-state index < -0.39 is 7.26 Å². The number of hydrogen-bond donors (Lipinski definition) is 0. The lowest BCUT2D eigenvalue weighted by Gasteiger charge is -2.27. The monoisotopic (exact) mass is 480 g/mol. The number of halogens is 1. The number of benzene rings is 3. The van der Waals surface area contributed by atoms with E-state index in [0.717, 1.165) is 6.16 Å². The average molecular weight is 481 g/mol. The zero-order valence-corrected chi connectivity index (χ0v) is 20.4. The van der Waals surface area contributed by atoms with Gasteiger partial charge in [-0.2, -0.15) is 0 Å². The lowest BCUT2D eigenvalue weighted by molar-refractivity contribution is -0.118. The van der Waals surface area contributed by atoms with Crippen LogP contribution in [0.4, 0.5) is 0 Å². The Balaban J connectivity index is 0.00000320. The van der Waals surface area contributed by atoms with E-state index in [0.29, 0.717) is 6.42 Å². The second-order valence-electron chi connectivity index (χ2n) is 8.27. The molecule has 3 heteroatoms. The van der Waals surface area contributed by atoms with Crippen molar-refractivity contribution in [3.05, 3.63) is 103 Å². The lowest BCUT2D eigenvalue weighted by atomic mass is 9.87. The smallest absolute Gasteiger partial charge is 0.130 e. The fourth-order valence-corrected chi connectivity index (χ4v) is 8.03. The summed E-state index contributed by atoms with van der Waals surface area (Å²) in [4.78, 5) is 11.7. The highest BCUT2D eigenvalue weighted by Gasteiger charge is 2.44. The van der Waals surface area contributed by atoms with E-state index in [1.165, 1.54) is 15.9 Å². The summed E-state index contributed by atoms with van der Waals surface area (Å²) in [5, 5.41) is 4.14. The molecular weight excluding hydrogens is 451 g/mol. The molecule has 0 aliphatic carbocycles. The van der Waals surface area contributed by atoms with Gasteiger partial charge >= 0.3 is 0 Å². The molecule has 30 heavy (non-hydrogen) atoms. The Morgan fingerprint density at radius 1 is 0.767 bits per heavy atom. The molecule has 0 saturated carbocycles. The van der Waals surface area contributed by atoms with Gasteiger partial charge in [0, 0.05) is 6.42 Å². The predicted octanol–water partition coefficient (Wildman–Crippen LogP) is 2.55. The van der Waals surface area contributed by atoms with E-state index in [1.54, 1.807) is 6.92 Å². The van der Waals surface area contributed by atoms with Crippen LogP contribution in [0.5, 0.6) is 0 Å². The quantitative estimate of drug-likeness (QED) is 0.357. The second kappa shape index (κ2) is 10.8. The summed E-state index contributed by atoms with van der Waals surface area (Å²) in [5.41, 5.74) is -0.133. The Morgan fingerprint density at radius 2 is 1.13 bits per heavy atom. The fraction of sp³-hybridized carbons (Fsp3) is 0.222. The van der Waals surface area contributed by atoms with Crippen LogP contribution in [0.3, 0.4) is 0 Å². The maximum Gasteiger partial charge on any atom is 0.130 e. The molecule has 1 nitrogen and oxygen atoms in total. The summed E-state index contributed by atoms with van der Waals surface area (Å²) < 4.78 is 0. The van der Waals surface area contributed by atoms with Crippen molar-refractivity contribution in [3.8, 4) is 0 Å². The molecule has 0 saturated heterocycles. The SMILES string of the molecule is CC(=O)CC(C)(C)/C=C/C[P+](c1ccccc1)(c1ccccc1)c1ccccc1.[Br-]. The van der Waals surface area contributed by atoms with Crippen molar-refractivity contribution in [2.75, 3.05) is 6.16 Å². The summed E-state index contributed by atoms with van der Waals surface area (Å²) in [6, 6.07) is 32.7. The summed E-state index contributed by atoms with van der Waals surface area (Å²) >= 11 is 0. The van der Waals surface area contributed by atoms with Crippen molar-refractivity contribution in [1.29, 1.82) is 0 Å². The van der Waals surface area contributed by atoms with Crippen LogP contribution in [0.1, 0.15) is 27.2 Å². The zero-order valence-electron chi connectivity index (χ0n) is 18.0. The van der Waals surface area contributed by atoms with Crippen molar-refractivity contribution in [1.82, 2.24) is 0 Å². The minimum atomic E-state index is -1.85. The van der Waals surface area contributed by atoms with Crippen molar-refractivity contribution < 1.29 is 21.8 Å². The third-order valence-corrected chi connectivity index (χ3v) is 9.54. The topological polar surface area (TPSA) is 17.1 Å². The molecule has 0 amide bonds. The summed E-state index contributed by atoms with van der Waals surface area (Å²) in [6.07, 6.45) is 6.05. The Bertz CT molecular complexity index is 853. The molecule has 156 valence electrons. The van der Waals surface area contributed by atoms with Crippen molar-refractivity contribution in [2.24, 2.45) is 5.41 Å². The normalized spacial score (nSPS) is 11.8. The Kier molecular flexibility index (Phi) is 8.77. The summed E-state index contributed by atoms with van der Waals surface area (Å²) in [5.74, 6) is 0.231. The largest absolute Gasteiger partial charge is 1.00 e. The summed E-state index contributed by atoms with van der Waals surface area (Å²) in [7, 11) is -1.85. The third-order valence-electron chi connectivity index (χ3n) is 5.24. The van der Waals surface area contributed by atoms with Crippen molar-refractivity contribution in [3.63, 3.8) is 0 Å². The molecule has 0 aromatic heterocycles. The number of carbonyl (C=O) groups excluding carboxylic acids is 1. The number of carbonyl (C=O) groups is 1. The van der Waals surface area contributed by atoms with E-state index in [9.17, 15) is 4.79 Å². The minimum Gasteiger partial charge on any atom is -1.00 e. The van der Waals surface area contributed by atoms with Gasteiger partial charge in [-0.15, -0.1) is 0 Å². The van der Waals surface area contributed by atoms with Gasteiger partial charge < -0.3 is 17.0 Å². The van der Waals surface area contributed by atoms with Gasteiger partial charge in [-0.05, 0) is 54.8 Å². The standard InChI is InChI=1S/C27H30OP.BrH/c1-23(28)22-27(2,3)20-13-21-29(24-14-7-4-8-15-24,25-16-9-5-10-17-25)26-18-11-6-12-19-26;/h4-20H,21-22H2,1-3H3;1H/q+1;/p-1/b20-13+;. The molecule has 0 spiro atoms. The first kappa shape index (κ1) is 24.3. The maximum atomic E-state index is 11.7. The van der Waals surface area contributed by atoms with Gasteiger partial charge in [0.05, 0.1) is 6.16 Å². The van der Waals surface area contributed by atoms with Crippen LogP contribution in [0.15, 0.2) is 103 Å². The molecule has 0 radical (unpaired) electrons. The Labute approximate surface area is 192 Å². The van der Waals surface area contributed by atoms with Crippen LogP contribution in [-0.4, -0.2) is 11.9 Å². The van der Waals surface area contributed by atoms with Crippen LogP contribution in [0, 0.1) is 5.41 Å². The maximum absolute atomic E-state index is 11.7. The summed E-state index contributed by atoms with van der Waals surface area (Å²) in [6.45, 7) is 5.95. The predicted molar refractivity (Wildman–Crippen MR) is 128 cm³/mol. The molecule has 0 bridgehead atoms. The van der Waals surface area contributed by atoms with Crippen molar-refractivity contribution in [2.45, 2.75) is 27.2 Å². The second-order valence-corrected chi connectivity index (χ2v) is 11.8. The molecule has 3 aromatic rings. The molecule has 3 rings (SSSR count). The van der Waals surface area contributed by atoms with Gasteiger partial charge in [0.2, 0.25) is 0 Å². The van der Waals surface area contributed by atoms with Crippen LogP contribution < -0.4 is 32.9 Å². The van der Waals surface area contributed by atoms with Crippen LogP contribution in [0.2, 0.25) is 0 Å². The fourth-order valence-electron chi connectivity index (χ4n) is 4.04. The number of rotatable bonds is 8. The highest BCUT2D eigenvalue weighted by Crippen LogP contribution is 2.55. The average Bonchev–Trinajstić information content (AvgIpc) is 2.72. The number of allylic oxidation sites excluding steroid dienone is 2. The van der Waals surface area contributed by atoms with E-state index in [4.69, 9.17) is 0 Å². The lowest BCUT2D eigenvalue weighted by Crippen LogP contribution is -3.00. The Hall–Kier alpha value is -2.02. The van der Waals surface area contributed by atoms with Crippen LogP contribution in [-0.2, 0) is 4.79 Å². The molecule has 0 fully saturated rings. The van der Waals surface area contributed by atoms with E-state index in [2.05, 4.69) is 117 Å². The highest BCUT2D eigenvalue weighted by atomic mass is 79.9. The molecule has 0 N–H and O–H groups in total. The molecule has 0 heterocycles. The van der Waals surface area contributed by atoms with Gasteiger partial charge in [-0.3, -0.25) is 4.79 Å². The first-order valence-electron chi connectivity index (χ1n) is 10.2. The molecular formula is C27H30BrOP. The van der Waals surface area contributed by atoms with Crippen LogP contribution >= 0.6 is 7.26 Å². The zero-order chi connectivity index (χ0) is 20.7. The van der Waals surface area contributed by atoms with Gasteiger partial charge in [0.15, 0.2) is 0 Å². The molecule has 0 atom stereocenters. The molecule has 0 aliphatic heterocycles.